The van der Waals surface area contributed by atoms with Crippen LogP contribution in [0, 0.1) is 11.2 Å². The Morgan fingerprint density at radius 1 is 1.31 bits per heavy atom. The van der Waals surface area contributed by atoms with Crippen molar-refractivity contribution in [2.75, 3.05) is 36.9 Å². The summed E-state index contributed by atoms with van der Waals surface area (Å²) in [5.74, 6) is 0.531. The van der Waals surface area contributed by atoms with Crippen LogP contribution in [0.1, 0.15) is 25.0 Å². The second-order valence-corrected chi connectivity index (χ2v) is 6.41. The number of anilines is 2. The van der Waals surface area contributed by atoms with Gasteiger partial charge in [0.2, 0.25) is 0 Å². The summed E-state index contributed by atoms with van der Waals surface area (Å²) < 4.78 is 25.1. The van der Waals surface area contributed by atoms with E-state index in [0.29, 0.717) is 30.1 Å². The number of pyridine rings is 1. The lowest BCUT2D eigenvalue weighted by Gasteiger charge is -2.28. The normalized spacial score (nSPS) is 14.5. The molecule has 1 saturated heterocycles. The summed E-state index contributed by atoms with van der Waals surface area (Å²) in [5, 5.41) is 8.52. The summed E-state index contributed by atoms with van der Waals surface area (Å²) >= 11 is 0. The highest BCUT2D eigenvalue weighted by atomic mass is 19.1. The molecule has 0 atom stereocenters. The SMILES string of the molecule is CC(C)Oc1cc(F)c(N)c(C(=N)c2ccnc(N3CCOCC3)c2)c1. The maximum Gasteiger partial charge on any atom is 0.150 e. The third-order valence-corrected chi connectivity index (χ3v) is 4.11. The van der Waals surface area contributed by atoms with Crippen molar-refractivity contribution in [3.63, 3.8) is 0 Å². The van der Waals surface area contributed by atoms with E-state index in [4.69, 9.17) is 20.6 Å². The summed E-state index contributed by atoms with van der Waals surface area (Å²) in [6, 6.07) is 6.40. The number of nitrogens with two attached hydrogens (primary N) is 1. The van der Waals surface area contributed by atoms with Crippen molar-refractivity contribution in [1.82, 2.24) is 4.98 Å². The minimum Gasteiger partial charge on any atom is -0.491 e. The van der Waals surface area contributed by atoms with Crippen molar-refractivity contribution in [3.8, 4) is 5.75 Å². The second-order valence-electron chi connectivity index (χ2n) is 6.41. The number of ether oxygens (including phenoxy) is 2. The molecule has 6 nitrogen and oxygen atoms in total. The molecule has 1 aromatic heterocycles. The van der Waals surface area contributed by atoms with Gasteiger partial charge in [-0.05, 0) is 32.0 Å². The monoisotopic (exact) mass is 358 g/mol. The summed E-state index contributed by atoms with van der Waals surface area (Å²) in [6.45, 7) is 6.51. The van der Waals surface area contributed by atoms with Gasteiger partial charge in [-0.25, -0.2) is 9.37 Å². The highest BCUT2D eigenvalue weighted by Crippen LogP contribution is 2.27. The molecule has 1 fully saturated rings. The van der Waals surface area contributed by atoms with E-state index < -0.39 is 5.82 Å². The second kappa shape index (κ2) is 7.70. The smallest absolute Gasteiger partial charge is 0.150 e. The van der Waals surface area contributed by atoms with E-state index in [2.05, 4.69) is 9.88 Å². The van der Waals surface area contributed by atoms with Crippen LogP contribution in [-0.4, -0.2) is 43.1 Å². The molecule has 0 saturated carbocycles. The van der Waals surface area contributed by atoms with Crippen molar-refractivity contribution in [2.45, 2.75) is 20.0 Å². The minimum absolute atomic E-state index is 0.0594. The summed E-state index contributed by atoms with van der Waals surface area (Å²) in [5.41, 5.74) is 6.89. The number of hydrogen-bond donors (Lipinski definition) is 2. The Kier molecular flexibility index (Phi) is 5.37. The number of rotatable bonds is 5. The lowest BCUT2D eigenvalue weighted by molar-refractivity contribution is 0.122. The number of nitrogens with zero attached hydrogens (tertiary/aromatic N) is 2. The van der Waals surface area contributed by atoms with Crippen LogP contribution in [-0.2, 0) is 4.74 Å². The Labute approximate surface area is 152 Å². The Hall–Kier alpha value is -2.67. The summed E-state index contributed by atoms with van der Waals surface area (Å²) in [4.78, 5) is 6.48. The minimum atomic E-state index is -0.592. The highest BCUT2D eigenvalue weighted by Gasteiger charge is 2.18. The molecular formula is C19H23FN4O2. The molecule has 1 aromatic carbocycles. The highest BCUT2D eigenvalue weighted by molar-refractivity contribution is 6.14. The Morgan fingerprint density at radius 3 is 2.73 bits per heavy atom. The number of aromatic nitrogens is 1. The molecule has 3 rings (SSSR count). The van der Waals surface area contributed by atoms with Gasteiger partial charge in [0.15, 0.2) is 0 Å². The molecule has 0 amide bonds. The zero-order chi connectivity index (χ0) is 18.7. The van der Waals surface area contributed by atoms with E-state index in [1.807, 2.05) is 19.9 Å². The Balaban J connectivity index is 1.92. The van der Waals surface area contributed by atoms with Crippen LogP contribution in [0.5, 0.6) is 5.75 Å². The van der Waals surface area contributed by atoms with E-state index in [9.17, 15) is 4.39 Å². The number of hydrogen-bond acceptors (Lipinski definition) is 6. The van der Waals surface area contributed by atoms with Crippen molar-refractivity contribution in [1.29, 1.82) is 5.41 Å². The van der Waals surface area contributed by atoms with Gasteiger partial charge in [-0.1, -0.05) is 0 Å². The summed E-state index contributed by atoms with van der Waals surface area (Å²) in [7, 11) is 0. The lowest BCUT2D eigenvalue weighted by atomic mass is 10.0. The van der Waals surface area contributed by atoms with Crippen LogP contribution in [0.3, 0.4) is 0 Å². The van der Waals surface area contributed by atoms with Crippen molar-refractivity contribution >= 4 is 17.2 Å². The van der Waals surface area contributed by atoms with Gasteiger partial charge in [0, 0.05) is 36.5 Å². The first-order valence-corrected chi connectivity index (χ1v) is 8.59. The Bertz CT molecular complexity index is 804. The van der Waals surface area contributed by atoms with Gasteiger partial charge in [0.05, 0.1) is 30.7 Å². The molecule has 0 spiro atoms. The fourth-order valence-corrected chi connectivity index (χ4v) is 2.83. The molecular weight excluding hydrogens is 335 g/mol. The average Bonchev–Trinajstić information content (AvgIpc) is 2.64. The van der Waals surface area contributed by atoms with Crippen LogP contribution >= 0.6 is 0 Å². The van der Waals surface area contributed by atoms with E-state index in [1.54, 1.807) is 18.3 Å². The fourth-order valence-electron chi connectivity index (χ4n) is 2.83. The average molecular weight is 358 g/mol. The standard InChI is InChI=1S/C19H23FN4O2/c1-12(2)26-14-10-15(19(22)16(20)11-14)18(21)13-3-4-23-17(9-13)24-5-7-25-8-6-24/h3-4,9-12,21H,5-8,22H2,1-2H3. The van der Waals surface area contributed by atoms with Gasteiger partial charge in [-0.15, -0.1) is 0 Å². The van der Waals surface area contributed by atoms with Gasteiger partial charge >= 0.3 is 0 Å². The number of nitrogen functional groups attached to an aromatic ring is 1. The molecule has 0 unspecified atom stereocenters. The van der Waals surface area contributed by atoms with E-state index in [1.165, 1.54) is 6.07 Å². The molecule has 138 valence electrons. The third-order valence-electron chi connectivity index (χ3n) is 4.11. The lowest BCUT2D eigenvalue weighted by Crippen LogP contribution is -2.36. The topological polar surface area (TPSA) is 84.5 Å². The first kappa shape index (κ1) is 18.1. The van der Waals surface area contributed by atoms with Crippen LogP contribution in [0.15, 0.2) is 30.5 Å². The molecule has 3 N–H and O–H groups in total. The van der Waals surface area contributed by atoms with E-state index >= 15 is 0 Å². The predicted octanol–water partition coefficient (Wildman–Crippen LogP) is 2.84. The van der Waals surface area contributed by atoms with Gasteiger partial charge < -0.3 is 20.1 Å². The maximum absolute atomic E-state index is 14.2. The van der Waals surface area contributed by atoms with Crippen molar-refractivity contribution in [2.24, 2.45) is 0 Å². The molecule has 0 aliphatic carbocycles. The zero-order valence-electron chi connectivity index (χ0n) is 15.0. The molecule has 0 radical (unpaired) electrons. The summed E-state index contributed by atoms with van der Waals surface area (Å²) in [6.07, 6.45) is 1.55. The molecule has 1 aliphatic rings. The van der Waals surface area contributed by atoms with Crippen molar-refractivity contribution in [3.05, 3.63) is 47.4 Å². The van der Waals surface area contributed by atoms with Gasteiger partial charge in [-0.2, -0.15) is 0 Å². The molecule has 0 bridgehead atoms. The fraction of sp³-hybridized carbons (Fsp3) is 0.368. The largest absolute Gasteiger partial charge is 0.491 e. The quantitative estimate of drug-likeness (QED) is 0.634. The van der Waals surface area contributed by atoms with E-state index in [0.717, 1.165) is 18.9 Å². The number of halogens is 1. The van der Waals surface area contributed by atoms with Crippen LogP contribution in [0.25, 0.3) is 0 Å². The number of nitrogens with one attached hydrogen (secondary N) is 1. The van der Waals surface area contributed by atoms with Crippen molar-refractivity contribution < 1.29 is 13.9 Å². The van der Waals surface area contributed by atoms with Crippen LogP contribution in [0.2, 0.25) is 0 Å². The third kappa shape index (κ3) is 3.94. The zero-order valence-corrected chi connectivity index (χ0v) is 15.0. The van der Waals surface area contributed by atoms with Gasteiger partial charge in [0.1, 0.15) is 17.4 Å². The van der Waals surface area contributed by atoms with Crippen LogP contribution < -0.4 is 15.4 Å². The number of benzene rings is 1. The van der Waals surface area contributed by atoms with Gasteiger partial charge in [0.25, 0.3) is 0 Å². The number of morpholine rings is 1. The van der Waals surface area contributed by atoms with E-state index in [-0.39, 0.29) is 17.5 Å². The van der Waals surface area contributed by atoms with Crippen LogP contribution in [0.4, 0.5) is 15.9 Å². The first-order chi connectivity index (χ1) is 12.5. The molecule has 7 heteroatoms. The first-order valence-electron chi connectivity index (χ1n) is 8.59. The molecule has 1 aliphatic heterocycles. The van der Waals surface area contributed by atoms with Gasteiger partial charge in [-0.3, -0.25) is 5.41 Å². The molecule has 2 heterocycles. The maximum atomic E-state index is 14.2. The predicted molar refractivity (Wildman–Crippen MR) is 99.8 cm³/mol. The molecule has 26 heavy (non-hydrogen) atoms. The molecule has 2 aromatic rings. The Morgan fingerprint density at radius 2 is 2.04 bits per heavy atom.